The summed E-state index contributed by atoms with van der Waals surface area (Å²) in [6, 6.07) is 10.4. The summed E-state index contributed by atoms with van der Waals surface area (Å²) in [5.41, 5.74) is 1.78. The number of nitrogens with zero attached hydrogens (tertiary/aromatic N) is 5. The van der Waals surface area contributed by atoms with Gasteiger partial charge in [0.25, 0.3) is 5.91 Å². The van der Waals surface area contributed by atoms with E-state index in [-0.39, 0.29) is 23.7 Å². The first-order valence-electron chi connectivity index (χ1n) is 11.4. The van der Waals surface area contributed by atoms with Crippen LogP contribution in [0.25, 0.3) is 5.65 Å². The number of halogens is 1. The highest BCUT2D eigenvalue weighted by Crippen LogP contribution is 2.35. The number of anilines is 1. The lowest BCUT2D eigenvalue weighted by Gasteiger charge is -2.26. The second-order valence-electron chi connectivity index (χ2n) is 9.00. The molecule has 0 spiro atoms. The molecule has 2 aliphatic rings. The minimum Gasteiger partial charge on any atom is -0.350 e. The summed E-state index contributed by atoms with van der Waals surface area (Å²) >= 11 is 0. The maximum absolute atomic E-state index is 13.8. The number of imidazole rings is 1. The van der Waals surface area contributed by atoms with Gasteiger partial charge >= 0.3 is 0 Å². The Balaban J connectivity index is 1.32. The number of carbonyl (C=O) groups is 1. The van der Waals surface area contributed by atoms with Crippen LogP contribution in [0.15, 0.2) is 42.6 Å². The lowest BCUT2D eigenvalue weighted by atomic mass is 10.0. The van der Waals surface area contributed by atoms with Crippen LogP contribution in [0, 0.1) is 11.7 Å². The lowest BCUT2D eigenvalue weighted by Crippen LogP contribution is -2.33. The summed E-state index contributed by atoms with van der Waals surface area (Å²) in [7, 11) is -3.22. The third kappa shape index (κ3) is 4.49. The van der Waals surface area contributed by atoms with Gasteiger partial charge in [0.1, 0.15) is 11.6 Å². The van der Waals surface area contributed by atoms with Crippen LogP contribution in [0.3, 0.4) is 0 Å². The van der Waals surface area contributed by atoms with Crippen LogP contribution in [-0.4, -0.2) is 65.7 Å². The SMILES string of the molecule is CS(=O)(=O)N1CCC(CNC(=O)c2cnc3ccc(N4CCCC4c4cccc(F)c4)nn23)C1. The van der Waals surface area contributed by atoms with E-state index in [4.69, 9.17) is 5.10 Å². The van der Waals surface area contributed by atoms with Crippen molar-refractivity contribution in [3.8, 4) is 0 Å². The van der Waals surface area contributed by atoms with Gasteiger partial charge in [0.2, 0.25) is 10.0 Å². The number of sulfonamides is 1. The quantitative estimate of drug-likeness (QED) is 0.574. The second kappa shape index (κ2) is 8.95. The van der Waals surface area contributed by atoms with E-state index >= 15 is 0 Å². The number of benzene rings is 1. The fourth-order valence-electron chi connectivity index (χ4n) is 4.87. The Labute approximate surface area is 197 Å². The number of hydrogen-bond acceptors (Lipinski definition) is 6. The minimum atomic E-state index is -3.22. The monoisotopic (exact) mass is 486 g/mol. The smallest absolute Gasteiger partial charge is 0.271 e. The van der Waals surface area contributed by atoms with Crippen molar-refractivity contribution in [1.82, 2.24) is 24.2 Å². The van der Waals surface area contributed by atoms with Crippen LogP contribution in [0.2, 0.25) is 0 Å². The Morgan fingerprint density at radius 3 is 2.82 bits per heavy atom. The predicted octanol–water partition coefficient (Wildman–Crippen LogP) is 2.22. The maximum Gasteiger partial charge on any atom is 0.271 e. The van der Waals surface area contributed by atoms with Gasteiger partial charge in [-0.2, -0.15) is 0 Å². The summed E-state index contributed by atoms with van der Waals surface area (Å²) in [4.78, 5) is 19.3. The molecule has 11 heteroatoms. The number of nitrogens with one attached hydrogen (secondary N) is 1. The molecule has 2 aliphatic heterocycles. The van der Waals surface area contributed by atoms with Crippen molar-refractivity contribution in [3.63, 3.8) is 0 Å². The Bertz CT molecular complexity index is 1330. The van der Waals surface area contributed by atoms with Crippen LogP contribution in [0.1, 0.15) is 41.4 Å². The third-order valence-electron chi connectivity index (χ3n) is 6.63. The molecule has 3 aromatic rings. The summed E-state index contributed by atoms with van der Waals surface area (Å²) in [5.74, 6) is 0.199. The van der Waals surface area contributed by atoms with Gasteiger partial charge in [0.05, 0.1) is 18.5 Å². The Morgan fingerprint density at radius 1 is 1.21 bits per heavy atom. The van der Waals surface area contributed by atoms with Crippen LogP contribution >= 0.6 is 0 Å². The minimum absolute atomic E-state index is 0.0154. The second-order valence-corrected chi connectivity index (χ2v) is 11.0. The molecular formula is C23H27FN6O3S. The van der Waals surface area contributed by atoms with E-state index < -0.39 is 10.0 Å². The fraction of sp³-hybridized carbons (Fsp3) is 0.435. The number of rotatable bonds is 6. The molecule has 1 N–H and O–H groups in total. The zero-order valence-electron chi connectivity index (χ0n) is 18.9. The summed E-state index contributed by atoms with van der Waals surface area (Å²) < 4.78 is 40.2. The average Bonchev–Trinajstić information content (AvgIpc) is 3.56. The molecule has 34 heavy (non-hydrogen) atoms. The van der Waals surface area contributed by atoms with Gasteiger partial charge in [-0.25, -0.2) is 26.6 Å². The number of carbonyl (C=O) groups excluding carboxylic acids is 1. The molecular weight excluding hydrogens is 459 g/mol. The molecule has 5 rings (SSSR count). The van der Waals surface area contributed by atoms with E-state index in [0.717, 1.165) is 24.9 Å². The Kier molecular flexibility index (Phi) is 5.98. The predicted molar refractivity (Wildman–Crippen MR) is 126 cm³/mol. The number of fused-ring (bicyclic) bond motifs is 1. The van der Waals surface area contributed by atoms with Crippen LogP contribution < -0.4 is 10.2 Å². The first-order valence-corrected chi connectivity index (χ1v) is 13.2. The molecule has 1 aromatic carbocycles. The standard InChI is InChI=1S/C23H27FN6O3S/c1-34(32,33)28-11-9-16(15-28)13-26-23(31)20-14-25-21-7-8-22(27-30(20)21)29-10-3-6-19(29)17-4-2-5-18(24)12-17/h2,4-5,7-8,12,14,16,19H,3,6,9-11,13,15H2,1H3,(H,26,31). The van der Waals surface area contributed by atoms with Crippen molar-refractivity contribution in [2.24, 2.45) is 5.92 Å². The molecule has 4 heterocycles. The third-order valence-corrected chi connectivity index (χ3v) is 7.90. The van der Waals surface area contributed by atoms with E-state index in [2.05, 4.69) is 15.2 Å². The molecule has 0 bridgehead atoms. The molecule has 2 unspecified atom stereocenters. The number of hydrogen-bond donors (Lipinski definition) is 1. The van der Waals surface area contributed by atoms with E-state index in [1.165, 1.54) is 27.3 Å². The molecule has 2 fully saturated rings. The molecule has 9 nitrogen and oxygen atoms in total. The maximum atomic E-state index is 13.8. The van der Waals surface area contributed by atoms with E-state index in [0.29, 0.717) is 43.2 Å². The molecule has 180 valence electrons. The number of aromatic nitrogens is 3. The van der Waals surface area contributed by atoms with Gasteiger partial charge in [0.15, 0.2) is 11.3 Å². The van der Waals surface area contributed by atoms with Gasteiger partial charge in [-0.3, -0.25) is 4.79 Å². The van der Waals surface area contributed by atoms with Crippen LogP contribution in [-0.2, 0) is 10.0 Å². The van der Waals surface area contributed by atoms with Crippen LogP contribution in [0.5, 0.6) is 0 Å². The van der Waals surface area contributed by atoms with Crippen molar-refractivity contribution < 1.29 is 17.6 Å². The first-order chi connectivity index (χ1) is 16.3. The average molecular weight is 487 g/mol. The van der Waals surface area contributed by atoms with Gasteiger partial charge < -0.3 is 10.2 Å². The van der Waals surface area contributed by atoms with Gasteiger partial charge in [-0.1, -0.05) is 12.1 Å². The molecule has 1 amide bonds. The van der Waals surface area contributed by atoms with E-state index in [9.17, 15) is 17.6 Å². The topological polar surface area (TPSA) is 99.9 Å². The molecule has 2 saturated heterocycles. The van der Waals surface area contributed by atoms with Crippen molar-refractivity contribution in [1.29, 1.82) is 0 Å². The van der Waals surface area contributed by atoms with Crippen molar-refractivity contribution in [2.75, 3.05) is 37.3 Å². The van der Waals surface area contributed by atoms with E-state index in [1.807, 2.05) is 18.2 Å². The highest BCUT2D eigenvalue weighted by Gasteiger charge is 2.30. The zero-order valence-corrected chi connectivity index (χ0v) is 19.7. The zero-order chi connectivity index (χ0) is 23.9. The normalized spacial score (nSPS) is 21.4. The fourth-order valence-corrected chi connectivity index (χ4v) is 5.78. The number of amides is 1. The van der Waals surface area contributed by atoms with Gasteiger partial charge in [0, 0.05) is 26.2 Å². The largest absolute Gasteiger partial charge is 0.350 e. The molecule has 0 radical (unpaired) electrons. The molecule has 2 atom stereocenters. The molecule has 0 saturated carbocycles. The van der Waals surface area contributed by atoms with Gasteiger partial charge in [-0.15, -0.1) is 5.10 Å². The van der Waals surface area contributed by atoms with Crippen molar-refractivity contribution in [3.05, 3.63) is 59.7 Å². The summed E-state index contributed by atoms with van der Waals surface area (Å²) in [6.45, 7) is 2.05. The first kappa shape index (κ1) is 22.7. The highest BCUT2D eigenvalue weighted by molar-refractivity contribution is 7.88. The van der Waals surface area contributed by atoms with Gasteiger partial charge in [-0.05, 0) is 55.0 Å². The summed E-state index contributed by atoms with van der Waals surface area (Å²) in [6.07, 6.45) is 5.26. The van der Waals surface area contributed by atoms with E-state index in [1.54, 1.807) is 12.1 Å². The Morgan fingerprint density at radius 2 is 2.06 bits per heavy atom. The highest BCUT2D eigenvalue weighted by atomic mass is 32.2. The van der Waals surface area contributed by atoms with Crippen molar-refractivity contribution in [2.45, 2.75) is 25.3 Å². The van der Waals surface area contributed by atoms with Crippen molar-refractivity contribution >= 4 is 27.4 Å². The Hall–Kier alpha value is -3.05. The lowest BCUT2D eigenvalue weighted by molar-refractivity contribution is 0.0941. The molecule has 2 aromatic heterocycles. The summed E-state index contributed by atoms with van der Waals surface area (Å²) in [5, 5.41) is 7.60. The molecule has 0 aliphatic carbocycles. The van der Waals surface area contributed by atoms with Crippen LogP contribution in [0.4, 0.5) is 10.2 Å².